The smallest absolute Gasteiger partial charge is 0.0198 e. The van der Waals surface area contributed by atoms with Crippen LogP contribution in [0.4, 0.5) is 0 Å². The minimum absolute atomic E-state index is 0. The van der Waals surface area contributed by atoms with Crippen molar-refractivity contribution in [3.8, 4) is 33.6 Å². The van der Waals surface area contributed by atoms with E-state index in [1.54, 1.807) is 0 Å². The minimum Gasteiger partial charge on any atom is -0.305 e. The number of pyridine rings is 2. The van der Waals surface area contributed by atoms with Gasteiger partial charge in [0.25, 0.3) is 0 Å². The zero-order valence-corrected chi connectivity index (χ0v) is 28.4. The molecular formula is C39H40IrN2-2. The predicted octanol–water partition coefficient (Wildman–Crippen LogP) is 10.00. The van der Waals surface area contributed by atoms with Crippen LogP contribution < -0.4 is 0 Å². The number of rotatable bonds is 2. The molecule has 2 heterocycles. The van der Waals surface area contributed by atoms with Crippen LogP contribution in [0.3, 0.4) is 0 Å². The van der Waals surface area contributed by atoms with Crippen LogP contribution >= 0.6 is 0 Å². The van der Waals surface area contributed by atoms with Crippen LogP contribution in [0.2, 0.25) is 0 Å². The second kappa shape index (κ2) is 12.1. The first-order chi connectivity index (χ1) is 19.4. The Balaban J connectivity index is 0.000000189. The summed E-state index contributed by atoms with van der Waals surface area (Å²) < 4.78 is 0. The van der Waals surface area contributed by atoms with Gasteiger partial charge in [-0.1, -0.05) is 109 Å². The molecule has 0 fully saturated rings. The maximum Gasteiger partial charge on any atom is 0.0198 e. The fourth-order valence-corrected chi connectivity index (χ4v) is 5.53. The van der Waals surface area contributed by atoms with Gasteiger partial charge in [-0.25, -0.2) is 0 Å². The van der Waals surface area contributed by atoms with Crippen molar-refractivity contribution in [1.82, 2.24) is 9.97 Å². The molecule has 6 rings (SSSR count). The van der Waals surface area contributed by atoms with E-state index < -0.39 is 0 Å². The zero-order valence-electron chi connectivity index (χ0n) is 26.0. The Kier molecular flexibility index (Phi) is 9.07. The van der Waals surface area contributed by atoms with E-state index >= 15 is 0 Å². The fraction of sp³-hybridized carbons (Fsp3) is 0.282. The van der Waals surface area contributed by atoms with E-state index in [0.717, 1.165) is 22.5 Å². The molecule has 2 nitrogen and oxygen atoms in total. The SMILES string of the molecule is CC(C)(C)c1c[c-]c(-c2ccc(C(C)(C)C)cn2)cc1.CC1(C)c2ccccc2-c2cc[c-]c(-c3ccccn3)c21.[Ir]. The van der Waals surface area contributed by atoms with Crippen molar-refractivity contribution in [2.45, 2.75) is 71.6 Å². The van der Waals surface area contributed by atoms with E-state index in [1.165, 1.54) is 33.4 Å². The number of hydrogen-bond donors (Lipinski definition) is 0. The topological polar surface area (TPSA) is 25.8 Å². The van der Waals surface area contributed by atoms with Crippen molar-refractivity contribution in [3.05, 3.63) is 132 Å². The summed E-state index contributed by atoms with van der Waals surface area (Å²) in [7, 11) is 0. The molecule has 0 saturated carbocycles. The van der Waals surface area contributed by atoms with Crippen LogP contribution in [-0.2, 0) is 36.4 Å². The Morgan fingerprint density at radius 2 is 1.33 bits per heavy atom. The van der Waals surface area contributed by atoms with E-state index in [0.29, 0.717) is 0 Å². The van der Waals surface area contributed by atoms with Crippen molar-refractivity contribution in [2.75, 3.05) is 0 Å². The first kappa shape index (κ1) is 31.5. The van der Waals surface area contributed by atoms with Crippen LogP contribution in [0.25, 0.3) is 33.6 Å². The summed E-state index contributed by atoms with van der Waals surface area (Å²) >= 11 is 0. The molecule has 0 spiro atoms. The molecule has 0 atom stereocenters. The maximum absolute atomic E-state index is 4.58. The molecule has 0 saturated heterocycles. The van der Waals surface area contributed by atoms with Crippen LogP contribution in [0.15, 0.2) is 97.3 Å². The average molecular weight is 729 g/mol. The third-order valence-electron chi connectivity index (χ3n) is 8.02. The van der Waals surface area contributed by atoms with Crippen molar-refractivity contribution in [1.29, 1.82) is 0 Å². The Labute approximate surface area is 266 Å². The van der Waals surface area contributed by atoms with Gasteiger partial charge in [0.15, 0.2) is 0 Å². The number of benzene rings is 3. The molecule has 2 aromatic heterocycles. The third-order valence-corrected chi connectivity index (χ3v) is 8.02. The molecule has 1 radical (unpaired) electrons. The summed E-state index contributed by atoms with van der Waals surface area (Å²) in [4.78, 5) is 9.10. The molecule has 217 valence electrons. The molecule has 0 bridgehead atoms. The van der Waals surface area contributed by atoms with Gasteiger partial charge in [0.1, 0.15) is 0 Å². The molecular weight excluding hydrogens is 689 g/mol. The summed E-state index contributed by atoms with van der Waals surface area (Å²) in [6, 6.07) is 36.3. The van der Waals surface area contributed by atoms with Crippen LogP contribution in [-0.4, -0.2) is 9.97 Å². The van der Waals surface area contributed by atoms with Gasteiger partial charge in [-0.15, -0.1) is 64.7 Å². The first-order valence-electron chi connectivity index (χ1n) is 14.4. The van der Waals surface area contributed by atoms with Crippen LogP contribution in [0.1, 0.15) is 77.6 Å². The second-order valence-corrected chi connectivity index (χ2v) is 13.5. The van der Waals surface area contributed by atoms with Gasteiger partial charge in [-0.05, 0) is 50.4 Å². The van der Waals surface area contributed by atoms with E-state index in [4.69, 9.17) is 0 Å². The average Bonchev–Trinajstić information content (AvgIpc) is 3.20. The molecule has 5 aromatic rings. The third kappa shape index (κ3) is 6.33. The number of fused-ring (bicyclic) bond motifs is 3. The monoisotopic (exact) mass is 729 g/mol. The van der Waals surface area contributed by atoms with Crippen molar-refractivity contribution < 1.29 is 20.1 Å². The predicted molar refractivity (Wildman–Crippen MR) is 172 cm³/mol. The number of hydrogen-bond acceptors (Lipinski definition) is 2. The molecule has 42 heavy (non-hydrogen) atoms. The van der Waals surface area contributed by atoms with Gasteiger partial charge < -0.3 is 9.97 Å². The Hall–Kier alpha value is -3.39. The quantitative estimate of drug-likeness (QED) is 0.169. The minimum atomic E-state index is -0.0173. The molecule has 0 N–H and O–H groups in total. The fourth-order valence-electron chi connectivity index (χ4n) is 5.53. The van der Waals surface area contributed by atoms with Gasteiger partial charge in [0, 0.05) is 32.5 Å². The molecule has 1 aliphatic carbocycles. The molecule has 0 unspecified atom stereocenters. The number of aromatic nitrogens is 2. The molecule has 3 heteroatoms. The summed E-state index contributed by atoms with van der Waals surface area (Å²) in [5, 5.41) is 0. The van der Waals surface area contributed by atoms with Crippen molar-refractivity contribution in [3.63, 3.8) is 0 Å². The molecule has 0 amide bonds. The number of nitrogens with zero attached hydrogens (tertiary/aromatic N) is 2. The van der Waals surface area contributed by atoms with Gasteiger partial charge in [-0.3, -0.25) is 0 Å². The molecule has 3 aromatic carbocycles. The maximum atomic E-state index is 4.58. The van der Waals surface area contributed by atoms with E-state index in [1.807, 2.05) is 30.6 Å². The van der Waals surface area contributed by atoms with Crippen molar-refractivity contribution >= 4 is 0 Å². The van der Waals surface area contributed by atoms with Gasteiger partial charge >= 0.3 is 0 Å². The summed E-state index contributed by atoms with van der Waals surface area (Å²) in [6.45, 7) is 17.8. The summed E-state index contributed by atoms with van der Waals surface area (Å²) in [5.74, 6) is 0. The van der Waals surface area contributed by atoms with Crippen LogP contribution in [0, 0.1) is 12.1 Å². The van der Waals surface area contributed by atoms with E-state index in [-0.39, 0.29) is 36.4 Å². The Bertz CT molecular complexity index is 1580. The Morgan fingerprint density at radius 3 is 1.93 bits per heavy atom. The Morgan fingerprint density at radius 1 is 0.643 bits per heavy atom. The molecule has 0 aliphatic heterocycles. The van der Waals surface area contributed by atoms with Gasteiger partial charge in [0.05, 0.1) is 0 Å². The van der Waals surface area contributed by atoms with Crippen LogP contribution in [0.5, 0.6) is 0 Å². The van der Waals surface area contributed by atoms with E-state index in [9.17, 15) is 0 Å². The largest absolute Gasteiger partial charge is 0.305 e. The van der Waals surface area contributed by atoms with Gasteiger partial charge in [-0.2, -0.15) is 0 Å². The molecule has 1 aliphatic rings. The summed E-state index contributed by atoms with van der Waals surface area (Å²) in [6.07, 6.45) is 3.82. The van der Waals surface area contributed by atoms with E-state index in [2.05, 4.69) is 144 Å². The standard InChI is InChI=1S/C20H16N.C19H24N.Ir/c1-20(2)17-11-4-3-8-14(17)15-9-7-10-16(19(15)20)18-12-5-6-13-21-18;1-18(2,3)15-9-7-14(8-10-15)17-12-11-16(13-20-17)19(4,5)6;/h3-9,11-13H,1-2H3;7,9-13H,1-6H3;/q2*-1;. The first-order valence-corrected chi connectivity index (χ1v) is 14.4. The van der Waals surface area contributed by atoms with Crippen molar-refractivity contribution in [2.24, 2.45) is 0 Å². The van der Waals surface area contributed by atoms with Gasteiger partial charge in [0.2, 0.25) is 0 Å². The zero-order chi connectivity index (χ0) is 29.4. The normalized spacial score (nSPS) is 13.2. The summed E-state index contributed by atoms with van der Waals surface area (Å²) in [5.41, 5.74) is 12.4. The second-order valence-electron chi connectivity index (χ2n) is 13.5.